The second-order valence-corrected chi connectivity index (χ2v) is 7.23. The highest BCUT2D eigenvalue weighted by atomic mass is 32.2. The quantitative estimate of drug-likeness (QED) is 0.730. The Morgan fingerprint density at radius 3 is 2.38 bits per heavy atom. The van der Waals surface area contributed by atoms with Crippen LogP contribution in [-0.4, -0.2) is 33.0 Å². The number of sulfone groups is 1. The van der Waals surface area contributed by atoms with Crippen LogP contribution in [0.25, 0.3) is 0 Å². The summed E-state index contributed by atoms with van der Waals surface area (Å²) in [6.45, 7) is 3.65. The third-order valence-electron chi connectivity index (χ3n) is 3.50. The van der Waals surface area contributed by atoms with Crippen LogP contribution < -0.4 is 5.32 Å². The standard InChI is InChI=1S/C12H25NO2S/c1-3-9-13-10-12(16(2,14)15)11-7-5-4-6-8-11/h11-13H,3-10H2,1-2H3. The van der Waals surface area contributed by atoms with E-state index in [1.165, 1.54) is 25.5 Å². The van der Waals surface area contributed by atoms with E-state index in [0.29, 0.717) is 12.5 Å². The summed E-state index contributed by atoms with van der Waals surface area (Å²) in [5, 5.41) is 3.09. The van der Waals surface area contributed by atoms with E-state index in [0.717, 1.165) is 25.8 Å². The lowest BCUT2D eigenvalue weighted by Gasteiger charge is -2.29. The van der Waals surface area contributed by atoms with Gasteiger partial charge in [0.05, 0.1) is 5.25 Å². The van der Waals surface area contributed by atoms with Crippen LogP contribution >= 0.6 is 0 Å². The van der Waals surface area contributed by atoms with Crippen LogP contribution in [0, 0.1) is 5.92 Å². The first-order valence-corrected chi connectivity index (χ1v) is 8.40. The van der Waals surface area contributed by atoms with Crippen molar-refractivity contribution in [2.75, 3.05) is 19.3 Å². The fourth-order valence-electron chi connectivity index (χ4n) is 2.59. The molecule has 1 N–H and O–H groups in total. The van der Waals surface area contributed by atoms with E-state index in [1.807, 2.05) is 0 Å². The molecular formula is C12H25NO2S. The normalized spacial score (nSPS) is 20.9. The van der Waals surface area contributed by atoms with Gasteiger partial charge in [0.1, 0.15) is 0 Å². The minimum atomic E-state index is -2.91. The predicted octanol–water partition coefficient (Wildman–Crippen LogP) is 1.98. The fourth-order valence-corrected chi connectivity index (χ4v) is 3.99. The molecule has 1 aliphatic rings. The van der Waals surface area contributed by atoms with E-state index < -0.39 is 9.84 Å². The lowest BCUT2D eigenvalue weighted by molar-refractivity contribution is 0.334. The summed E-state index contributed by atoms with van der Waals surface area (Å²) in [5.74, 6) is 0.383. The Morgan fingerprint density at radius 1 is 1.25 bits per heavy atom. The molecule has 4 heteroatoms. The van der Waals surface area contributed by atoms with Crippen LogP contribution in [0.3, 0.4) is 0 Å². The molecular weight excluding hydrogens is 222 g/mol. The molecule has 0 amide bonds. The van der Waals surface area contributed by atoms with Crippen molar-refractivity contribution in [3.8, 4) is 0 Å². The van der Waals surface area contributed by atoms with Gasteiger partial charge in [-0.25, -0.2) is 8.42 Å². The van der Waals surface area contributed by atoms with Crippen molar-refractivity contribution in [2.45, 2.75) is 50.7 Å². The van der Waals surface area contributed by atoms with Crippen LogP contribution in [0.15, 0.2) is 0 Å². The third-order valence-corrected chi connectivity index (χ3v) is 5.15. The number of hydrogen-bond donors (Lipinski definition) is 1. The highest BCUT2D eigenvalue weighted by Crippen LogP contribution is 2.29. The summed E-state index contributed by atoms with van der Waals surface area (Å²) in [5.41, 5.74) is 0. The zero-order chi connectivity index (χ0) is 12.0. The van der Waals surface area contributed by atoms with E-state index in [2.05, 4.69) is 12.2 Å². The lowest BCUT2D eigenvalue weighted by atomic mass is 9.86. The van der Waals surface area contributed by atoms with Gasteiger partial charge in [0, 0.05) is 12.8 Å². The molecule has 0 radical (unpaired) electrons. The molecule has 0 saturated heterocycles. The molecule has 0 aromatic rings. The molecule has 0 aliphatic heterocycles. The summed E-state index contributed by atoms with van der Waals surface area (Å²) in [6.07, 6.45) is 8.29. The molecule has 96 valence electrons. The molecule has 1 unspecified atom stereocenters. The lowest BCUT2D eigenvalue weighted by Crippen LogP contribution is -2.39. The minimum absolute atomic E-state index is 0.167. The zero-order valence-corrected chi connectivity index (χ0v) is 11.4. The second kappa shape index (κ2) is 6.60. The number of nitrogens with one attached hydrogen (secondary N) is 1. The van der Waals surface area contributed by atoms with Gasteiger partial charge in [-0.2, -0.15) is 0 Å². The van der Waals surface area contributed by atoms with Gasteiger partial charge >= 0.3 is 0 Å². The van der Waals surface area contributed by atoms with Gasteiger partial charge in [-0.1, -0.05) is 26.2 Å². The molecule has 1 aliphatic carbocycles. The van der Waals surface area contributed by atoms with Crippen LogP contribution in [0.4, 0.5) is 0 Å². The molecule has 0 aromatic carbocycles. The van der Waals surface area contributed by atoms with Crippen LogP contribution in [-0.2, 0) is 9.84 Å². The summed E-state index contributed by atoms with van der Waals surface area (Å²) in [7, 11) is -2.91. The highest BCUT2D eigenvalue weighted by molar-refractivity contribution is 7.91. The Labute approximate surface area is 99.9 Å². The highest BCUT2D eigenvalue weighted by Gasteiger charge is 2.30. The zero-order valence-electron chi connectivity index (χ0n) is 10.5. The Kier molecular flexibility index (Phi) is 5.76. The first-order chi connectivity index (χ1) is 7.55. The maximum atomic E-state index is 11.8. The van der Waals surface area contributed by atoms with E-state index in [9.17, 15) is 8.42 Å². The van der Waals surface area contributed by atoms with Crippen LogP contribution in [0.2, 0.25) is 0 Å². The van der Waals surface area contributed by atoms with Gasteiger partial charge < -0.3 is 5.32 Å². The van der Waals surface area contributed by atoms with E-state index in [-0.39, 0.29) is 5.25 Å². The van der Waals surface area contributed by atoms with Gasteiger partial charge in [-0.05, 0) is 31.7 Å². The average Bonchev–Trinajstić information content (AvgIpc) is 2.24. The maximum Gasteiger partial charge on any atom is 0.151 e. The fraction of sp³-hybridized carbons (Fsp3) is 1.00. The average molecular weight is 247 g/mol. The molecule has 1 saturated carbocycles. The van der Waals surface area contributed by atoms with E-state index >= 15 is 0 Å². The summed E-state index contributed by atoms with van der Waals surface area (Å²) >= 11 is 0. The number of hydrogen-bond acceptors (Lipinski definition) is 3. The summed E-state index contributed by atoms with van der Waals surface area (Å²) < 4.78 is 23.6. The first kappa shape index (κ1) is 14.0. The molecule has 0 aromatic heterocycles. The van der Waals surface area contributed by atoms with Crippen molar-refractivity contribution in [1.82, 2.24) is 5.32 Å². The predicted molar refractivity (Wildman–Crippen MR) is 68.4 cm³/mol. The molecule has 0 spiro atoms. The smallest absolute Gasteiger partial charge is 0.151 e. The Hall–Kier alpha value is -0.0900. The van der Waals surface area contributed by atoms with Crippen molar-refractivity contribution in [2.24, 2.45) is 5.92 Å². The third kappa shape index (κ3) is 4.42. The molecule has 0 bridgehead atoms. The van der Waals surface area contributed by atoms with E-state index in [1.54, 1.807) is 0 Å². The Bertz CT molecular complexity index is 281. The van der Waals surface area contributed by atoms with Crippen molar-refractivity contribution in [1.29, 1.82) is 0 Å². The molecule has 1 fully saturated rings. The molecule has 0 heterocycles. The van der Waals surface area contributed by atoms with Gasteiger partial charge in [0.2, 0.25) is 0 Å². The van der Waals surface area contributed by atoms with Crippen molar-refractivity contribution in [3.63, 3.8) is 0 Å². The molecule has 3 nitrogen and oxygen atoms in total. The van der Waals surface area contributed by atoms with Crippen molar-refractivity contribution in [3.05, 3.63) is 0 Å². The van der Waals surface area contributed by atoms with Gasteiger partial charge in [0.25, 0.3) is 0 Å². The van der Waals surface area contributed by atoms with Gasteiger partial charge in [-0.15, -0.1) is 0 Å². The van der Waals surface area contributed by atoms with Gasteiger partial charge in [-0.3, -0.25) is 0 Å². The monoisotopic (exact) mass is 247 g/mol. The minimum Gasteiger partial charge on any atom is -0.315 e. The Morgan fingerprint density at radius 2 is 1.88 bits per heavy atom. The van der Waals surface area contributed by atoms with Gasteiger partial charge in [0.15, 0.2) is 9.84 Å². The summed E-state index contributed by atoms with van der Waals surface area (Å²) in [6, 6.07) is 0. The molecule has 1 atom stereocenters. The summed E-state index contributed by atoms with van der Waals surface area (Å²) in [4.78, 5) is 0. The van der Waals surface area contributed by atoms with Crippen LogP contribution in [0.5, 0.6) is 0 Å². The molecule has 16 heavy (non-hydrogen) atoms. The second-order valence-electron chi connectivity index (χ2n) is 4.97. The molecule has 1 rings (SSSR count). The number of rotatable bonds is 6. The SMILES string of the molecule is CCCNCC(C1CCCCC1)S(C)(=O)=O. The first-order valence-electron chi connectivity index (χ1n) is 6.45. The van der Waals surface area contributed by atoms with Crippen molar-refractivity contribution >= 4 is 9.84 Å². The largest absolute Gasteiger partial charge is 0.315 e. The van der Waals surface area contributed by atoms with E-state index in [4.69, 9.17) is 0 Å². The maximum absolute atomic E-state index is 11.8. The Balaban J connectivity index is 2.55. The topological polar surface area (TPSA) is 46.2 Å². The van der Waals surface area contributed by atoms with Crippen molar-refractivity contribution < 1.29 is 8.42 Å². The van der Waals surface area contributed by atoms with Crippen LogP contribution in [0.1, 0.15) is 45.4 Å².